The van der Waals surface area contributed by atoms with E-state index in [-0.39, 0.29) is 5.92 Å². The molecule has 2 atom stereocenters. The molecule has 1 fully saturated rings. The molecule has 1 heterocycles. The predicted octanol–water partition coefficient (Wildman–Crippen LogP) is 2.83. The van der Waals surface area contributed by atoms with Crippen molar-refractivity contribution in [1.82, 2.24) is 0 Å². The zero-order chi connectivity index (χ0) is 15.4. The second-order valence-electron chi connectivity index (χ2n) is 6.78. The number of nitrogens with zero attached hydrogens (tertiary/aromatic N) is 1. The summed E-state index contributed by atoms with van der Waals surface area (Å²) in [6, 6.07) is 7.45. The van der Waals surface area contributed by atoms with Crippen LogP contribution in [0.1, 0.15) is 32.8 Å². The Morgan fingerprint density at radius 2 is 2.00 bits per heavy atom. The van der Waals surface area contributed by atoms with E-state index < -0.39 is 23.2 Å². The average molecular weight is 289 g/mol. The lowest BCUT2D eigenvalue weighted by molar-refractivity contribution is -0.140. The van der Waals surface area contributed by atoms with Crippen molar-refractivity contribution in [2.24, 2.45) is 5.92 Å². The molecule has 1 aliphatic carbocycles. The maximum absolute atomic E-state index is 12.6. The van der Waals surface area contributed by atoms with E-state index in [1.807, 2.05) is 18.2 Å². The third-order valence-corrected chi connectivity index (χ3v) is 4.12. The van der Waals surface area contributed by atoms with Crippen LogP contribution < -0.4 is 4.90 Å². The van der Waals surface area contributed by atoms with Crippen molar-refractivity contribution in [2.45, 2.75) is 44.8 Å². The van der Waals surface area contributed by atoms with Gasteiger partial charge in [-0.1, -0.05) is 18.2 Å². The molecule has 1 aromatic carbocycles. The van der Waals surface area contributed by atoms with Crippen molar-refractivity contribution < 1.29 is 19.4 Å². The summed E-state index contributed by atoms with van der Waals surface area (Å²) in [6.07, 6.45) is 0.595. The number of fused-ring (bicyclic) bond motifs is 2. The first-order valence-electron chi connectivity index (χ1n) is 7.10. The first-order valence-corrected chi connectivity index (χ1v) is 7.10. The van der Waals surface area contributed by atoms with Gasteiger partial charge in [0.1, 0.15) is 5.60 Å². The number of benzene rings is 1. The number of anilines is 1. The van der Waals surface area contributed by atoms with Crippen LogP contribution in [-0.2, 0) is 16.0 Å². The zero-order valence-corrected chi connectivity index (χ0v) is 12.4. The third-order valence-electron chi connectivity index (χ3n) is 4.12. The van der Waals surface area contributed by atoms with E-state index in [1.54, 1.807) is 26.8 Å². The summed E-state index contributed by atoms with van der Waals surface area (Å²) in [6.45, 7) is 5.33. The molecule has 1 N–H and O–H groups in total. The van der Waals surface area contributed by atoms with Crippen LogP contribution in [0.25, 0.3) is 0 Å². The second-order valence-corrected chi connectivity index (χ2v) is 6.78. The highest BCUT2D eigenvalue weighted by atomic mass is 16.6. The maximum atomic E-state index is 12.6. The Bertz CT molecular complexity index is 619. The number of rotatable bonds is 1. The van der Waals surface area contributed by atoms with E-state index in [2.05, 4.69) is 0 Å². The number of hydrogen-bond acceptors (Lipinski definition) is 3. The van der Waals surface area contributed by atoms with E-state index in [4.69, 9.17) is 4.74 Å². The Kier molecular flexibility index (Phi) is 2.80. The summed E-state index contributed by atoms with van der Waals surface area (Å²) in [5, 5.41) is 9.63. The number of ether oxygens (including phenoxy) is 1. The molecule has 0 aromatic heterocycles. The molecule has 1 aromatic rings. The number of carbonyl (C=O) groups is 2. The zero-order valence-electron chi connectivity index (χ0n) is 12.4. The smallest absolute Gasteiger partial charge is 0.415 e. The van der Waals surface area contributed by atoms with Gasteiger partial charge in [-0.25, -0.2) is 9.59 Å². The number of amides is 1. The molecule has 2 unspecified atom stereocenters. The van der Waals surface area contributed by atoms with Crippen LogP contribution in [0.5, 0.6) is 0 Å². The summed E-state index contributed by atoms with van der Waals surface area (Å²) in [4.78, 5) is 25.7. The quantitative estimate of drug-likeness (QED) is 0.863. The Morgan fingerprint density at radius 1 is 1.33 bits per heavy atom. The fraction of sp³-hybridized carbons (Fsp3) is 0.500. The fourth-order valence-electron chi connectivity index (χ4n) is 3.14. The van der Waals surface area contributed by atoms with Crippen LogP contribution in [0.4, 0.5) is 10.5 Å². The van der Waals surface area contributed by atoms with Gasteiger partial charge >= 0.3 is 12.1 Å². The van der Waals surface area contributed by atoms with Gasteiger partial charge in [-0.05, 0) is 45.2 Å². The third kappa shape index (κ3) is 2.07. The second kappa shape index (κ2) is 4.23. The van der Waals surface area contributed by atoms with Crippen LogP contribution in [0, 0.1) is 5.92 Å². The summed E-state index contributed by atoms with van der Waals surface area (Å²) in [5.74, 6) is -0.981. The van der Waals surface area contributed by atoms with Gasteiger partial charge in [0.05, 0.1) is 5.69 Å². The SMILES string of the molecule is CC(C)(C)OC(=O)N1c2ccccc2CC2CC21C(=O)O. The van der Waals surface area contributed by atoms with E-state index in [0.717, 1.165) is 5.56 Å². The number of hydrogen-bond donors (Lipinski definition) is 1. The van der Waals surface area contributed by atoms with Crippen molar-refractivity contribution in [1.29, 1.82) is 0 Å². The Morgan fingerprint density at radius 3 is 2.62 bits per heavy atom. The van der Waals surface area contributed by atoms with E-state index in [1.165, 1.54) is 4.90 Å². The minimum atomic E-state index is -1.13. The largest absolute Gasteiger partial charge is 0.479 e. The van der Waals surface area contributed by atoms with Crippen LogP contribution in [0.2, 0.25) is 0 Å². The fourth-order valence-corrected chi connectivity index (χ4v) is 3.14. The van der Waals surface area contributed by atoms with Crippen LogP contribution in [0.3, 0.4) is 0 Å². The lowest BCUT2D eigenvalue weighted by Gasteiger charge is -2.36. The van der Waals surface area contributed by atoms with E-state index in [9.17, 15) is 14.7 Å². The van der Waals surface area contributed by atoms with Crippen LogP contribution in [0.15, 0.2) is 24.3 Å². The molecule has 1 aliphatic heterocycles. The molecule has 0 radical (unpaired) electrons. The van der Waals surface area contributed by atoms with Gasteiger partial charge in [-0.15, -0.1) is 0 Å². The Balaban J connectivity index is 2.05. The number of carboxylic acid groups (broad SMARTS) is 1. The minimum absolute atomic E-state index is 0.0302. The maximum Gasteiger partial charge on any atom is 0.415 e. The standard InChI is InChI=1S/C16H19NO4/c1-15(2,3)21-14(20)17-12-7-5-4-6-10(12)8-11-9-16(11,17)13(18)19/h4-7,11H,8-9H2,1-3H3,(H,18,19). The predicted molar refractivity (Wildman–Crippen MR) is 77.3 cm³/mol. The highest BCUT2D eigenvalue weighted by Crippen LogP contribution is 2.57. The molecular formula is C16H19NO4. The molecule has 21 heavy (non-hydrogen) atoms. The van der Waals surface area contributed by atoms with Crippen LogP contribution >= 0.6 is 0 Å². The van der Waals surface area contributed by atoms with Crippen molar-refractivity contribution in [3.05, 3.63) is 29.8 Å². The normalized spacial score (nSPS) is 26.6. The first kappa shape index (κ1) is 13.9. The molecule has 5 nitrogen and oxygen atoms in total. The van der Waals surface area contributed by atoms with Gasteiger partial charge in [0.15, 0.2) is 5.54 Å². The first-order chi connectivity index (χ1) is 9.75. The molecule has 1 amide bonds. The van der Waals surface area contributed by atoms with E-state index >= 15 is 0 Å². The molecule has 3 rings (SSSR count). The lowest BCUT2D eigenvalue weighted by atomic mass is 9.96. The number of carboxylic acids is 1. The summed E-state index contributed by atoms with van der Waals surface area (Å²) >= 11 is 0. The average Bonchev–Trinajstić information content (AvgIpc) is 3.08. The van der Waals surface area contributed by atoms with Crippen LogP contribution in [-0.4, -0.2) is 28.3 Å². The molecular weight excluding hydrogens is 270 g/mol. The molecule has 0 spiro atoms. The van der Waals surface area contributed by atoms with Crippen molar-refractivity contribution in [2.75, 3.05) is 4.90 Å². The molecule has 112 valence electrons. The molecule has 0 bridgehead atoms. The van der Waals surface area contributed by atoms with Crippen molar-refractivity contribution in [3.63, 3.8) is 0 Å². The number of carbonyl (C=O) groups excluding carboxylic acids is 1. The Hall–Kier alpha value is -2.04. The monoisotopic (exact) mass is 289 g/mol. The summed E-state index contributed by atoms with van der Waals surface area (Å²) < 4.78 is 5.43. The van der Waals surface area contributed by atoms with E-state index in [0.29, 0.717) is 18.5 Å². The highest BCUT2D eigenvalue weighted by Gasteiger charge is 2.68. The van der Waals surface area contributed by atoms with Gasteiger partial charge < -0.3 is 9.84 Å². The van der Waals surface area contributed by atoms with Crippen molar-refractivity contribution in [3.8, 4) is 0 Å². The number of para-hydroxylation sites is 1. The molecule has 5 heteroatoms. The number of aliphatic carboxylic acids is 1. The van der Waals surface area contributed by atoms with Gasteiger partial charge in [-0.3, -0.25) is 4.90 Å². The Labute approximate surface area is 123 Å². The van der Waals surface area contributed by atoms with Crippen molar-refractivity contribution >= 4 is 17.7 Å². The minimum Gasteiger partial charge on any atom is -0.479 e. The topological polar surface area (TPSA) is 66.8 Å². The van der Waals surface area contributed by atoms with Gasteiger partial charge in [0.2, 0.25) is 0 Å². The summed E-state index contributed by atoms with van der Waals surface area (Å²) in [5.41, 5.74) is -0.129. The van der Waals surface area contributed by atoms with Gasteiger partial charge in [0, 0.05) is 5.92 Å². The molecule has 1 saturated carbocycles. The molecule has 0 saturated heterocycles. The highest BCUT2D eigenvalue weighted by molar-refractivity contribution is 6.02. The lowest BCUT2D eigenvalue weighted by Crippen LogP contribution is -2.53. The summed E-state index contributed by atoms with van der Waals surface area (Å²) in [7, 11) is 0. The van der Waals surface area contributed by atoms with Gasteiger partial charge in [-0.2, -0.15) is 0 Å². The molecule has 2 aliphatic rings. The van der Waals surface area contributed by atoms with Gasteiger partial charge in [0.25, 0.3) is 0 Å².